The van der Waals surface area contributed by atoms with E-state index in [-0.39, 0.29) is 17.5 Å². The van der Waals surface area contributed by atoms with E-state index in [1.54, 1.807) is 12.1 Å². The summed E-state index contributed by atoms with van der Waals surface area (Å²) in [6.45, 7) is 3.42. The molecule has 1 aliphatic rings. The molecule has 4 rings (SSSR count). The van der Waals surface area contributed by atoms with Crippen LogP contribution in [0.25, 0.3) is 0 Å². The van der Waals surface area contributed by atoms with Crippen molar-refractivity contribution in [3.05, 3.63) is 104 Å². The Balaban J connectivity index is 1.52. The summed E-state index contributed by atoms with van der Waals surface area (Å²) in [5, 5.41) is 6.17. The fourth-order valence-corrected chi connectivity index (χ4v) is 4.14. The molecule has 1 atom stereocenters. The van der Waals surface area contributed by atoms with Gasteiger partial charge in [0, 0.05) is 28.9 Å². The second-order valence-electron chi connectivity index (χ2n) is 7.82. The van der Waals surface area contributed by atoms with Crippen LogP contribution in [0.15, 0.2) is 71.9 Å². The zero-order valence-electron chi connectivity index (χ0n) is 17.5. The van der Waals surface area contributed by atoms with E-state index in [0.717, 1.165) is 35.3 Å². The third-order valence-corrected chi connectivity index (χ3v) is 5.96. The number of nitrogens with zero attached hydrogens (tertiary/aromatic N) is 2. The first-order chi connectivity index (χ1) is 15.5. The van der Waals surface area contributed by atoms with E-state index in [9.17, 15) is 14.5 Å². The molecule has 0 spiro atoms. The summed E-state index contributed by atoms with van der Waals surface area (Å²) in [7, 11) is 0. The van der Waals surface area contributed by atoms with Gasteiger partial charge < -0.3 is 10.2 Å². The summed E-state index contributed by atoms with van der Waals surface area (Å²) in [6.07, 6.45) is 0.889. The number of nitroso groups, excluding NO2 is 1. The van der Waals surface area contributed by atoms with Crippen LogP contribution in [0, 0.1) is 4.91 Å². The highest BCUT2D eigenvalue weighted by molar-refractivity contribution is 6.30. The van der Waals surface area contributed by atoms with Gasteiger partial charge in [0.1, 0.15) is 0 Å². The molecule has 0 saturated carbocycles. The number of amides is 2. The lowest BCUT2D eigenvalue weighted by molar-refractivity contribution is 0.0939. The molecular weight excluding hydrogens is 426 g/mol. The maximum Gasteiger partial charge on any atom is 0.316 e. The lowest BCUT2D eigenvalue weighted by Crippen LogP contribution is -2.29. The van der Waals surface area contributed by atoms with Crippen molar-refractivity contribution < 1.29 is 9.59 Å². The van der Waals surface area contributed by atoms with Crippen molar-refractivity contribution in [3.63, 3.8) is 0 Å². The topological polar surface area (TPSA) is 78.8 Å². The number of benzene rings is 3. The monoisotopic (exact) mass is 447 g/mol. The van der Waals surface area contributed by atoms with Gasteiger partial charge in [0.2, 0.25) is 0 Å². The van der Waals surface area contributed by atoms with Crippen molar-refractivity contribution >= 4 is 29.1 Å². The molecule has 0 aliphatic carbocycles. The van der Waals surface area contributed by atoms with E-state index in [1.807, 2.05) is 43.3 Å². The Morgan fingerprint density at radius 1 is 1.06 bits per heavy atom. The molecule has 1 N–H and O–H groups in total. The van der Waals surface area contributed by atoms with Crippen molar-refractivity contribution in [3.8, 4) is 0 Å². The predicted octanol–water partition coefficient (Wildman–Crippen LogP) is 5.30. The summed E-state index contributed by atoms with van der Waals surface area (Å²) in [5.74, 6) is -0.971. The Labute approximate surface area is 191 Å². The van der Waals surface area contributed by atoms with Gasteiger partial charge in [0.25, 0.3) is 5.91 Å². The minimum Gasteiger partial charge on any atom is -0.366 e. The lowest BCUT2D eigenvalue weighted by Gasteiger charge is -2.23. The number of hydrogen-bond donors (Lipinski definition) is 1. The molecule has 3 aromatic rings. The second-order valence-corrected chi connectivity index (χ2v) is 8.26. The van der Waals surface area contributed by atoms with E-state index >= 15 is 0 Å². The second kappa shape index (κ2) is 9.32. The van der Waals surface area contributed by atoms with Crippen LogP contribution in [0.5, 0.6) is 0 Å². The molecule has 2 amide bonds. The molecule has 162 valence electrons. The summed E-state index contributed by atoms with van der Waals surface area (Å²) in [4.78, 5) is 37.2. The molecule has 0 unspecified atom stereocenters. The van der Waals surface area contributed by atoms with Gasteiger partial charge in [-0.15, -0.1) is 4.91 Å². The van der Waals surface area contributed by atoms with Gasteiger partial charge in [-0.2, -0.15) is 0 Å². The number of para-hydroxylation sites is 1. The average molecular weight is 448 g/mol. The quantitative estimate of drug-likeness (QED) is 0.520. The first kappa shape index (κ1) is 21.7. The van der Waals surface area contributed by atoms with E-state index in [4.69, 9.17) is 11.6 Å². The summed E-state index contributed by atoms with van der Waals surface area (Å²) < 4.78 is 0. The number of nitrogens with one attached hydrogen (secondary N) is 1. The minimum absolute atomic E-state index is 0.160. The van der Waals surface area contributed by atoms with Crippen molar-refractivity contribution in [1.82, 2.24) is 5.32 Å². The number of fused-ring (bicyclic) bond motifs is 1. The molecular formula is C25H22ClN3O3. The van der Waals surface area contributed by atoms with Gasteiger partial charge in [-0.25, -0.2) is 0 Å². The van der Waals surface area contributed by atoms with Crippen molar-refractivity contribution in [2.24, 2.45) is 5.18 Å². The van der Waals surface area contributed by atoms with Crippen LogP contribution < -0.4 is 10.2 Å². The number of anilines is 1. The van der Waals surface area contributed by atoms with E-state index in [0.29, 0.717) is 17.1 Å². The summed E-state index contributed by atoms with van der Waals surface area (Å²) in [6, 6.07) is 19.8. The molecule has 7 heteroatoms. The van der Waals surface area contributed by atoms with Gasteiger partial charge in [0.15, 0.2) is 0 Å². The largest absolute Gasteiger partial charge is 0.366 e. The Morgan fingerprint density at radius 3 is 2.47 bits per heavy atom. The van der Waals surface area contributed by atoms with Crippen molar-refractivity contribution in [1.29, 1.82) is 0 Å². The molecule has 0 aromatic heterocycles. The highest BCUT2D eigenvalue weighted by Crippen LogP contribution is 2.33. The average Bonchev–Trinajstić information content (AvgIpc) is 3.23. The molecule has 1 heterocycles. The highest BCUT2D eigenvalue weighted by Gasteiger charge is 2.26. The first-order valence-corrected chi connectivity index (χ1v) is 10.7. The van der Waals surface area contributed by atoms with Crippen LogP contribution in [0.1, 0.15) is 50.4 Å². The standard InChI is InChI=1S/C25H22ClN3O3/c1-16(18-7-9-20(10-8-18)24(30)28-32)27-25(31)22-4-2-3-19-13-14-29(23(19)22)15-17-5-11-21(26)12-6-17/h2-12,16H,13-15H2,1H3,(H,27,31)/t16-/m0/s1. The Morgan fingerprint density at radius 2 is 1.78 bits per heavy atom. The summed E-state index contributed by atoms with van der Waals surface area (Å²) >= 11 is 6.00. The fourth-order valence-electron chi connectivity index (χ4n) is 4.01. The predicted molar refractivity (Wildman–Crippen MR) is 125 cm³/mol. The molecule has 6 nitrogen and oxygen atoms in total. The highest BCUT2D eigenvalue weighted by atomic mass is 35.5. The molecule has 0 saturated heterocycles. The normalized spacial score (nSPS) is 13.4. The van der Waals surface area contributed by atoms with Crippen LogP contribution in [0.4, 0.5) is 5.69 Å². The number of carbonyl (C=O) groups excluding carboxylic acids is 2. The number of halogens is 1. The maximum absolute atomic E-state index is 13.2. The third-order valence-electron chi connectivity index (χ3n) is 5.71. The zero-order valence-corrected chi connectivity index (χ0v) is 18.3. The van der Waals surface area contributed by atoms with E-state index in [1.165, 1.54) is 12.1 Å². The maximum atomic E-state index is 13.2. The van der Waals surface area contributed by atoms with Crippen molar-refractivity contribution in [2.75, 3.05) is 11.4 Å². The number of carbonyl (C=O) groups is 2. The Kier molecular flexibility index (Phi) is 6.32. The Hall–Kier alpha value is -3.51. The van der Waals surface area contributed by atoms with E-state index < -0.39 is 5.91 Å². The smallest absolute Gasteiger partial charge is 0.316 e. The van der Waals surface area contributed by atoms with Gasteiger partial charge in [-0.3, -0.25) is 9.59 Å². The van der Waals surface area contributed by atoms with E-state index in [2.05, 4.69) is 21.5 Å². The number of hydrogen-bond acceptors (Lipinski definition) is 4. The van der Waals surface area contributed by atoms with Crippen LogP contribution in [0.3, 0.4) is 0 Å². The van der Waals surface area contributed by atoms with Gasteiger partial charge in [-0.1, -0.05) is 48.0 Å². The zero-order chi connectivity index (χ0) is 22.7. The van der Waals surface area contributed by atoms with Gasteiger partial charge in [0.05, 0.1) is 17.3 Å². The molecule has 1 aliphatic heterocycles. The van der Waals surface area contributed by atoms with Crippen LogP contribution in [-0.2, 0) is 13.0 Å². The third kappa shape index (κ3) is 4.55. The number of rotatable bonds is 6. The Bertz CT molecular complexity index is 1160. The molecule has 0 fully saturated rings. The molecule has 0 bridgehead atoms. The molecule has 0 radical (unpaired) electrons. The molecule has 32 heavy (non-hydrogen) atoms. The lowest BCUT2D eigenvalue weighted by atomic mass is 10.0. The van der Waals surface area contributed by atoms with Gasteiger partial charge in [-0.05, 0) is 60.4 Å². The minimum atomic E-state index is -0.811. The fraction of sp³-hybridized carbons (Fsp3) is 0.200. The van der Waals surface area contributed by atoms with Crippen LogP contribution in [0.2, 0.25) is 5.02 Å². The van der Waals surface area contributed by atoms with Crippen LogP contribution in [-0.4, -0.2) is 18.4 Å². The van der Waals surface area contributed by atoms with Crippen molar-refractivity contribution in [2.45, 2.75) is 25.9 Å². The van der Waals surface area contributed by atoms with Crippen LogP contribution >= 0.6 is 11.6 Å². The first-order valence-electron chi connectivity index (χ1n) is 10.4. The molecule has 3 aromatic carbocycles. The summed E-state index contributed by atoms with van der Waals surface area (Å²) in [5.41, 5.74) is 4.93. The van der Waals surface area contributed by atoms with Gasteiger partial charge >= 0.3 is 5.91 Å². The SMILES string of the molecule is C[C@H](NC(=O)c1cccc2c1N(Cc1ccc(Cl)cc1)CC2)c1ccc(C(=O)N=O)cc1.